The molecule has 2 aromatic heterocycles. The van der Waals surface area contributed by atoms with Crippen LogP contribution in [-0.2, 0) is 0 Å². The summed E-state index contributed by atoms with van der Waals surface area (Å²) in [5.41, 5.74) is 1.79. The summed E-state index contributed by atoms with van der Waals surface area (Å²) in [6, 6.07) is 11.5. The van der Waals surface area contributed by atoms with Crippen molar-refractivity contribution in [1.82, 2.24) is 4.98 Å². The molecule has 3 nitrogen and oxygen atoms in total. The van der Waals surface area contributed by atoms with E-state index in [1.807, 2.05) is 36.4 Å². The SMILES string of the molecule is N[n+]1ccccc1-c1ccccn1. The number of aromatic nitrogens is 2. The summed E-state index contributed by atoms with van der Waals surface area (Å²) < 4.78 is 1.56. The van der Waals surface area contributed by atoms with Gasteiger partial charge in [0, 0.05) is 18.3 Å². The number of hydrogen-bond donors (Lipinski definition) is 1. The molecular weight excluding hydrogens is 162 g/mol. The number of nitrogen functional groups attached to an aromatic ring is 1. The lowest BCUT2D eigenvalue weighted by molar-refractivity contribution is -0.627. The van der Waals surface area contributed by atoms with Crippen LogP contribution < -0.4 is 10.5 Å². The van der Waals surface area contributed by atoms with Gasteiger partial charge in [-0.2, -0.15) is 0 Å². The third-order valence-electron chi connectivity index (χ3n) is 1.82. The molecule has 0 bridgehead atoms. The van der Waals surface area contributed by atoms with E-state index in [0.29, 0.717) is 0 Å². The van der Waals surface area contributed by atoms with E-state index in [2.05, 4.69) is 4.98 Å². The van der Waals surface area contributed by atoms with Crippen molar-refractivity contribution in [1.29, 1.82) is 0 Å². The van der Waals surface area contributed by atoms with Crippen LogP contribution >= 0.6 is 0 Å². The van der Waals surface area contributed by atoms with Crippen LogP contribution in [0.5, 0.6) is 0 Å². The van der Waals surface area contributed by atoms with Crippen LogP contribution in [0.3, 0.4) is 0 Å². The molecule has 0 saturated heterocycles. The highest BCUT2D eigenvalue weighted by Crippen LogP contribution is 2.08. The van der Waals surface area contributed by atoms with Gasteiger partial charge in [-0.3, -0.25) is 0 Å². The molecule has 0 aliphatic carbocycles. The smallest absolute Gasteiger partial charge is 0.250 e. The molecule has 0 unspecified atom stereocenters. The van der Waals surface area contributed by atoms with E-state index in [0.717, 1.165) is 11.4 Å². The average molecular weight is 172 g/mol. The molecule has 0 fully saturated rings. The first-order valence-corrected chi connectivity index (χ1v) is 4.05. The first-order valence-electron chi connectivity index (χ1n) is 4.05. The highest BCUT2D eigenvalue weighted by molar-refractivity contribution is 5.49. The minimum Gasteiger partial charge on any atom is -0.250 e. The molecule has 0 radical (unpaired) electrons. The van der Waals surface area contributed by atoms with Crippen LogP contribution in [0.15, 0.2) is 48.8 Å². The van der Waals surface area contributed by atoms with E-state index in [1.165, 1.54) is 0 Å². The van der Waals surface area contributed by atoms with E-state index in [1.54, 1.807) is 17.1 Å². The summed E-state index contributed by atoms with van der Waals surface area (Å²) in [6.45, 7) is 0. The lowest BCUT2D eigenvalue weighted by Gasteiger charge is -1.95. The Hall–Kier alpha value is -1.90. The monoisotopic (exact) mass is 172 g/mol. The van der Waals surface area contributed by atoms with E-state index in [4.69, 9.17) is 5.84 Å². The van der Waals surface area contributed by atoms with E-state index >= 15 is 0 Å². The third-order valence-corrected chi connectivity index (χ3v) is 1.82. The van der Waals surface area contributed by atoms with Gasteiger partial charge in [0.1, 0.15) is 5.69 Å². The molecule has 0 spiro atoms. The Morgan fingerprint density at radius 3 is 2.62 bits per heavy atom. The Kier molecular flexibility index (Phi) is 1.92. The fourth-order valence-corrected chi connectivity index (χ4v) is 1.19. The fraction of sp³-hybridized carbons (Fsp3) is 0. The van der Waals surface area contributed by atoms with Crippen molar-refractivity contribution in [2.24, 2.45) is 0 Å². The zero-order chi connectivity index (χ0) is 9.10. The Morgan fingerprint density at radius 2 is 1.92 bits per heavy atom. The van der Waals surface area contributed by atoms with Gasteiger partial charge in [-0.25, -0.2) is 10.8 Å². The molecule has 0 aliphatic rings. The number of pyridine rings is 2. The summed E-state index contributed by atoms with van der Waals surface area (Å²) in [6.07, 6.45) is 3.55. The summed E-state index contributed by atoms with van der Waals surface area (Å²) in [5.74, 6) is 5.73. The molecule has 13 heavy (non-hydrogen) atoms. The topological polar surface area (TPSA) is 42.8 Å². The standard InChI is InChI=1S/C10H10N3/c11-13-8-4-2-6-10(13)9-5-1-3-7-12-9/h1-8H,11H2/q+1. The normalized spacial score (nSPS) is 9.85. The van der Waals surface area contributed by atoms with Crippen LogP contribution in [0.1, 0.15) is 0 Å². The molecule has 2 aromatic rings. The van der Waals surface area contributed by atoms with Gasteiger partial charge in [0.15, 0.2) is 6.20 Å². The van der Waals surface area contributed by atoms with E-state index in [-0.39, 0.29) is 0 Å². The van der Waals surface area contributed by atoms with Crippen molar-refractivity contribution in [3.8, 4) is 11.4 Å². The molecular formula is C10H10N3+. The fourth-order valence-electron chi connectivity index (χ4n) is 1.19. The van der Waals surface area contributed by atoms with Crippen molar-refractivity contribution in [3.05, 3.63) is 48.8 Å². The van der Waals surface area contributed by atoms with Gasteiger partial charge in [0.2, 0.25) is 0 Å². The molecule has 3 heteroatoms. The van der Waals surface area contributed by atoms with Crippen molar-refractivity contribution in [2.45, 2.75) is 0 Å². The zero-order valence-electron chi connectivity index (χ0n) is 7.09. The second kappa shape index (κ2) is 3.23. The van der Waals surface area contributed by atoms with E-state index < -0.39 is 0 Å². The second-order valence-corrected chi connectivity index (χ2v) is 2.71. The van der Waals surface area contributed by atoms with Crippen LogP contribution in [0.2, 0.25) is 0 Å². The number of hydrogen-bond acceptors (Lipinski definition) is 2. The van der Waals surface area contributed by atoms with Gasteiger partial charge in [0.05, 0.1) is 0 Å². The maximum atomic E-state index is 5.73. The largest absolute Gasteiger partial charge is 0.260 e. The minimum atomic E-state index is 0.880. The molecule has 64 valence electrons. The lowest BCUT2D eigenvalue weighted by atomic mass is 10.2. The molecule has 0 saturated carbocycles. The molecule has 0 amide bonds. The molecule has 0 aliphatic heterocycles. The number of rotatable bonds is 1. The Bertz CT molecular complexity index is 398. The summed E-state index contributed by atoms with van der Waals surface area (Å²) >= 11 is 0. The highest BCUT2D eigenvalue weighted by Gasteiger charge is 2.08. The second-order valence-electron chi connectivity index (χ2n) is 2.71. The van der Waals surface area contributed by atoms with Crippen LogP contribution in [0.4, 0.5) is 0 Å². The van der Waals surface area contributed by atoms with Gasteiger partial charge in [-0.05, 0) is 18.2 Å². The van der Waals surface area contributed by atoms with Crippen LogP contribution in [0.25, 0.3) is 11.4 Å². The Balaban J connectivity index is 2.54. The predicted molar refractivity (Wildman–Crippen MR) is 50.0 cm³/mol. The van der Waals surface area contributed by atoms with Crippen molar-refractivity contribution in [2.75, 3.05) is 5.84 Å². The van der Waals surface area contributed by atoms with Gasteiger partial charge in [-0.15, -0.1) is 0 Å². The summed E-state index contributed by atoms with van der Waals surface area (Å²) in [4.78, 5) is 4.21. The highest BCUT2D eigenvalue weighted by atomic mass is 15.3. The average Bonchev–Trinajstić information content (AvgIpc) is 2.20. The molecule has 2 heterocycles. The maximum absolute atomic E-state index is 5.73. The maximum Gasteiger partial charge on any atom is 0.260 e. The molecule has 2 rings (SSSR count). The predicted octanol–water partition coefficient (Wildman–Crippen LogP) is 0.750. The lowest BCUT2D eigenvalue weighted by Crippen LogP contribution is -2.45. The van der Waals surface area contributed by atoms with Gasteiger partial charge < -0.3 is 0 Å². The van der Waals surface area contributed by atoms with Gasteiger partial charge in [-0.1, -0.05) is 10.7 Å². The van der Waals surface area contributed by atoms with Crippen molar-refractivity contribution < 1.29 is 4.68 Å². The minimum absolute atomic E-state index is 0.880. The molecule has 0 atom stereocenters. The van der Waals surface area contributed by atoms with Crippen molar-refractivity contribution in [3.63, 3.8) is 0 Å². The zero-order valence-corrected chi connectivity index (χ0v) is 7.09. The first kappa shape index (κ1) is 7.73. The first-order chi connectivity index (χ1) is 6.38. The molecule has 2 N–H and O–H groups in total. The Morgan fingerprint density at radius 1 is 1.08 bits per heavy atom. The number of nitrogens with two attached hydrogens (primary N) is 1. The van der Waals surface area contributed by atoms with Gasteiger partial charge in [0.25, 0.3) is 5.69 Å². The third kappa shape index (κ3) is 1.49. The molecule has 0 aromatic carbocycles. The van der Waals surface area contributed by atoms with Gasteiger partial charge >= 0.3 is 0 Å². The summed E-state index contributed by atoms with van der Waals surface area (Å²) in [7, 11) is 0. The van der Waals surface area contributed by atoms with E-state index in [9.17, 15) is 0 Å². The van der Waals surface area contributed by atoms with Crippen LogP contribution in [-0.4, -0.2) is 4.98 Å². The quantitative estimate of drug-likeness (QED) is 0.509. The Labute approximate surface area is 76.4 Å². The summed E-state index contributed by atoms with van der Waals surface area (Å²) in [5, 5.41) is 0. The van der Waals surface area contributed by atoms with Crippen LogP contribution in [0, 0.1) is 0 Å². The number of nitrogens with zero attached hydrogens (tertiary/aromatic N) is 2. The van der Waals surface area contributed by atoms with Crippen molar-refractivity contribution >= 4 is 0 Å².